The molecule has 0 spiro atoms. The van der Waals surface area contributed by atoms with Crippen LogP contribution < -0.4 is 0 Å². The number of nitrogens with zero attached hydrogens (tertiary/aromatic N) is 2. The van der Waals surface area contributed by atoms with Gasteiger partial charge in [-0.1, -0.05) is 13.8 Å². The molecule has 0 fully saturated rings. The maximum atomic E-state index is 13.5. The second-order valence-corrected chi connectivity index (χ2v) is 4.02. The quantitative estimate of drug-likeness (QED) is 0.779. The molecule has 0 atom stereocenters. The van der Waals surface area contributed by atoms with Gasteiger partial charge < -0.3 is 4.42 Å². The maximum Gasteiger partial charge on any atom is 0.247 e. The molecule has 0 N–H and O–H groups in total. The summed E-state index contributed by atoms with van der Waals surface area (Å²) in [7, 11) is 0. The van der Waals surface area contributed by atoms with Crippen LogP contribution in [0.3, 0.4) is 0 Å². The Morgan fingerprint density at radius 3 is 2.56 bits per heavy atom. The molecule has 1 aromatic heterocycles. The Labute approximate surface area is 93.3 Å². The Kier molecular flexibility index (Phi) is 2.73. The molecule has 2 aromatic rings. The molecular weight excluding hydrogens is 207 g/mol. The minimum absolute atomic E-state index is 0.129. The van der Waals surface area contributed by atoms with Crippen LogP contribution in [0.5, 0.6) is 0 Å². The Balaban J connectivity index is 2.47. The molecule has 0 saturated heterocycles. The summed E-state index contributed by atoms with van der Waals surface area (Å²) in [5.41, 5.74) is 1.42. The van der Waals surface area contributed by atoms with E-state index in [0.29, 0.717) is 17.3 Å². The summed E-state index contributed by atoms with van der Waals surface area (Å²) in [4.78, 5) is 0. The molecule has 0 saturated carbocycles. The highest BCUT2D eigenvalue weighted by atomic mass is 19.1. The summed E-state index contributed by atoms with van der Waals surface area (Å²) in [5, 5.41) is 7.66. The molecule has 0 unspecified atom stereocenters. The highest BCUT2D eigenvalue weighted by Crippen LogP contribution is 2.25. The van der Waals surface area contributed by atoms with Crippen LogP contribution in [0.2, 0.25) is 0 Å². The predicted molar refractivity (Wildman–Crippen MR) is 58.5 cm³/mol. The number of aromatic nitrogens is 2. The lowest BCUT2D eigenvalue weighted by Gasteiger charge is -2.07. The Morgan fingerprint density at radius 2 is 2.00 bits per heavy atom. The molecular formula is C12H13FN2O. The van der Waals surface area contributed by atoms with Crippen LogP contribution in [-0.2, 0) is 0 Å². The van der Waals surface area contributed by atoms with Gasteiger partial charge in [0.25, 0.3) is 0 Å². The van der Waals surface area contributed by atoms with Crippen molar-refractivity contribution in [1.82, 2.24) is 10.2 Å². The van der Waals surface area contributed by atoms with Crippen molar-refractivity contribution in [2.75, 3.05) is 0 Å². The van der Waals surface area contributed by atoms with Gasteiger partial charge in [0, 0.05) is 12.5 Å². The van der Waals surface area contributed by atoms with E-state index in [2.05, 4.69) is 10.2 Å². The number of hydrogen-bond donors (Lipinski definition) is 0. The Bertz CT molecular complexity index is 505. The Hall–Kier alpha value is -1.71. The lowest BCUT2D eigenvalue weighted by Crippen LogP contribution is -1.93. The van der Waals surface area contributed by atoms with Gasteiger partial charge in [0.05, 0.1) is 0 Å². The zero-order valence-electron chi connectivity index (χ0n) is 9.49. The second-order valence-electron chi connectivity index (χ2n) is 4.02. The first-order chi connectivity index (χ1) is 7.58. The van der Waals surface area contributed by atoms with E-state index in [0.717, 1.165) is 5.56 Å². The van der Waals surface area contributed by atoms with Crippen molar-refractivity contribution in [2.45, 2.75) is 26.7 Å². The smallest absolute Gasteiger partial charge is 0.247 e. The van der Waals surface area contributed by atoms with Crippen molar-refractivity contribution in [2.24, 2.45) is 0 Å². The molecule has 0 aliphatic carbocycles. The van der Waals surface area contributed by atoms with Gasteiger partial charge in [0.1, 0.15) is 5.82 Å². The molecule has 1 aromatic carbocycles. The van der Waals surface area contributed by atoms with Crippen molar-refractivity contribution >= 4 is 0 Å². The molecule has 0 bridgehead atoms. The maximum absolute atomic E-state index is 13.5. The van der Waals surface area contributed by atoms with Crippen LogP contribution in [-0.4, -0.2) is 10.2 Å². The molecule has 2 rings (SSSR count). The average molecular weight is 220 g/mol. The average Bonchev–Trinajstić information content (AvgIpc) is 2.65. The zero-order valence-corrected chi connectivity index (χ0v) is 9.49. The molecule has 0 aliphatic rings. The first-order valence-electron chi connectivity index (χ1n) is 5.18. The minimum atomic E-state index is -0.199. The number of benzene rings is 1. The van der Waals surface area contributed by atoms with Gasteiger partial charge in [-0.2, -0.15) is 0 Å². The van der Waals surface area contributed by atoms with E-state index >= 15 is 0 Å². The molecule has 16 heavy (non-hydrogen) atoms. The highest BCUT2D eigenvalue weighted by molar-refractivity contribution is 5.54. The van der Waals surface area contributed by atoms with E-state index in [1.54, 1.807) is 19.1 Å². The third-order valence-electron chi connectivity index (χ3n) is 2.39. The number of hydrogen-bond acceptors (Lipinski definition) is 3. The summed E-state index contributed by atoms with van der Waals surface area (Å²) in [5.74, 6) is 0.865. The minimum Gasteiger partial charge on any atom is -0.421 e. The topological polar surface area (TPSA) is 38.9 Å². The summed E-state index contributed by atoms with van der Waals surface area (Å²) < 4.78 is 18.8. The Morgan fingerprint density at radius 1 is 1.25 bits per heavy atom. The molecule has 84 valence electrons. The first kappa shape index (κ1) is 10.8. The predicted octanol–water partition coefficient (Wildman–Crippen LogP) is 3.31. The van der Waals surface area contributed by atoms with Gasteiger partial charge in [-0.15, -0.1) is 10.2 Å². The number of aryl methyl sites for hydroxylation is 1. The van der Waals surface area contributed by atoms with E-state index in [1.807, 2.05) is 13.8 Å². The molecule has 1 heterocycles. The molecule has 4 heteroatoms. The fraction of sp³-hybridized carbons (Fsp3) is 0.333. The summed E-state index contributed by atoms with van der Waals surface area (Å²) in [6.45, 7) is 5.62. The van der Waals surface area contributed by atoms with Gasteiger partial charge in [-0.05, 0) is 29.7 Å². The van der Waals surface area contributed by atoms with E-state index in [4.69, 9.17) is 4.42 Å². The van der Waals surface area contributed by atoms with Crippen molar-refractivity contribution in [3.63, 3.8) is 0 Å². The summed E-state index contributed by atoms with van der Waals surface area (Å²) in [6, 6.07) is 4.84. The van der Waals surface area contributed by atoms with Crippen LogP contribution in [0.15, 0.2) is 22.6 Å². The SMILES string of the molecule is Cc1nnc(-c2ccc(F)c(C(C)C)c2)o1. The van der Waals surface area contributed by atoms with Gasteiger partial charge in [0.15, 0.2) is 0 Å². The normalized spacial score (nSPS) is 11.1. The lowest BCUT2D eigenvalue weighted by molar-refractivity contribution is 0.532. The largest absolute Gasteiger partial charge is 0.421 e. The van der Waals surface area contributed by atoms with Gasteiger partial charge in [-0.25, -0.2) is 4.39 Å². The monoisotopic (exact) mass is 220 g/mol. The van der Waals surface area contributed by atoms with E-state index in [1.165, 1.54) is 6.07 Å². The summed E-state index contributed by atoms with van der Waals surface area (Å²) in [6.07, 6.45) is 0. The van der Waals surface area contributed by atoms with E-state index < -0.39 is 0 Å². The van der Waals surface area contributed by atoms with Gasteiger partial charge in [-0.3, -0.25) is 0 Å². The van der Waals surface area contributed by atoms with E-state index in [9.17, 15) is 4.39 Å². The van der Waals surface area contributed by atoms with Crippen LogP contribution in [0, 0.1) is 12.7 Å². The van der Waals surface area contributed by atoms with Gasteiger partial charge in [0.2, 0.25) is 11.8 Å². The number of halogens is 1. The summed E-state index contributed by atoms with van der Waals surface area (Å²) >= 11 is 0. The van der Waals surface area contributed by atoms with Crippen LogP contribution in [0.25, 0.3) is 11.5 Å². The van der Waals surface area contributed by atoms with Gasteiger partial charge >= 0.3 is 0 Å². The van der Waals surface area contributed by atoms with Crippen molar-refractivity contribution in [3.8, 4) is 11.5 Å². The highest BCUT2D eigenvalue weighted by Gasteiger charge is 2.11. The van der Waals surface area contributed by atoms with Crippen molar-refractivity contribution in [1.29, 1.82) is 0 Å². The fourth-order valence-corrected chi connectivity index (χ4v) is 1.53. The van der Waals surface area contributed by atoms with Crippen LogP contribution in [0.1, 0.15) is 31.2 Å². The fourth-order valence-electron chi connectivity index (χ4n) is 1.53. The third-order valence-corrected chi connectivity index (χ3v) is 2.39. The van der Waals surface area contributed by atoms with Crippen molar-refractivity contribution < 1.29 is 8.81 Å². The third kappa shape index (κ3) is 1.96. The molecule has 3 nitrogen and oxygen atoms in total. The first-order valence-corrected chi connectivity index (χ1v) is 5.18. The molecule has 0 radical (unpaired) electrons. The van der Waals surface area contributed by atoms with Crippen LogP contribution >= 0.6 is 0 Å². The zero-order chi connectivity index (χ0) is 11.7. The lowest BCUT2D eigenvalue weighted by atomic mass is 10.0. The molecule has 0 aliphatic heterocycles. The van der Waals surface area contributed by atoms with Crippen LogP contribution in [0.4, 0.5) is 4.39 Å². The molecule has 0 amide bonds. The second kappa shape index (κ2) is 4.04. The number of rotatable bonds is 2. The van der Waals surface area contributed by atoms with E-state index in [-0.39, 0.29) is 11.7 Å². The van der Waals surface area contributed by atoms with Crippen molar-refractivity contribution in [3.05, 3.63) is 35.5 Å². The standard InChI is InChI=1S/C12H13FN2O/c1-7(2)10-6-9(4-5-11(10)13)12-15-14-8(3)16-12/h4-7H,1-3H3.